The van der Waals surface area contributed by atoms with Gasteiger partial charge in [0.2, 0.25) is 0 Å². The topological polar surface area (TPSA) is 84.2 Å². The molecule has 4 N–H and O–H groups in total. The van der Waals surface area contributed by atoms with Gasteiger partial charge in [-0.3, -0.25) is 9.59 Å². The number of primary amides is 1. The summed E-state index contributed by atoms with van der Waals surface area (Å²) in [6, 6.07) is 12.3. The highest BCUT2D eigenvalue weighted by Crippen LogP contribution is 2.19. The molecule has 3 rings (SSSR count). The van der Waals surface area contributed by atoms with E-state index in [0.717, 1.165) is 18.7 Å². The molecule has 106 valence electrons. The van der Waals surface area contributed by atoms with E-state index >= 15 is 0 Å². The monoisotopic (exact) mass is 281 g/mol. The van der Waals surface area contributed by atoms with Crippen LogP contribution in [-0.2, 0) is 13.1 Å². The van der Waals surface area contributed by atoms with Crippen LogP contribution in [0.15, 0.2) is 42.5 Å². The van der Waals surface area contributed by atoms with Crippen molar-refractivity contribution in [2.75, 3.05) is 5.32 Å². The number of nitrogens with two attached hydrogens (primary N) is 1. The fraction of sp³-hybridized carbons (Fsp3) is 0.125. The Morgan fingerprint density at radius 3 is 2.62 bits per heavy atom. The van der Waals surface area contributed by atoms with E-state index in [1.807, 2.05) is 12.1 Å². The highest BCUT2D eigenvalue weighted by atomic mass is 16.2. The summed E-state index contributed by atoms with van der Waals surface area (Å²) in [4.78, 5) is 23.7. The molecule has 2 amide bonds. The molecule has 1 aliphatic heterocycles. The molecular formula is C16H15N3O2. The Morgan fingerprint density at radius 2 is 1.81 bits per heavy atom. The lowest BCUT2D eigenvalue weighted by atomic mass is 10.1. The van der Waals surface area contributed by atoms with E-state index < -0.39 is 5.91 Å². The Balaban J connectivity index is 1.85. The molecule has 2 aromatic rings. The number of para-hydroxylation sites is 1. The zero-order valence-electron chi connectivity index (χ0n) is 11.3. The van der Waals surface area contributed by atoms with E-state index in [9.17, 15) is 9.59 Å². The van der Waals surface area contributed by atoms with Crippen molar-refractivity contribution in [2.24, 2.45) is 5.73 Å². The minimum atomic E-state index is -0.566. The maximum atomic E-state index is 12.3. The quantitative estimate of drug-likeness (QED) is 0.799. The van der Waals surface area contributed by atoms with Gasteiger partial charge in [0, 0.05) is 18.7 Å². The third-order valence-corrected chi connectivity index (χ3v) is 3.54. The number of amides is 2. The molecule has 0 unspecified atom stereocenters. The predicted octanol–water partition coefficient (Wildman–Crippen LogP) is 1.64. The van der Waals surface area contributed by atoms with Gasteiger partial charge in [0.25, 0.3) is 11.8 Å². The first-order valence-corrected chi connectivity index (χ1v) is 6.68. The van der Waals surface area contributed by atoms with Crippen LogP contribution in [-0.4, -0.2) is 11.8 Å². The summed E-state index contributed by atoms with van der Waals surface area (Å²) in [5.41, 5.74) is 8.94. The van der Waals surface area contributed by atoms with E-state index in [0.29, 0.717) is 16.8 Å². The highest BCUT2D eigenvalue weighted by Gasteiger charge is 2.15. The molecule has 5 nitrogen and oxygen atoms in total. The Bertz CT molecular complexity index is 725. The van der Waals surface area contributed by atoms with Crippen LogP contribution in [0.4, 0.5) is 5.69 Å². The van der Waals surface area contributed by atoms with Gasteiger partial charge >= 0.3 is 0 Å². The smallest absolute Gasteiger partial charge is 0.255 e. The molecule has 0 bridgehead atoms. The number of carbonyl (C=O) groups excluding carboxylic acids is 2. The minimum absolute atomic E-state index is 0.251. The maximum absolute atomic E-state index is 12.3. The van der Waals surface area contributed by atoms with Crippen molar-refractivity contribution in [3.8, 4) is 0 Å². The summed E-state index contributed by atoms with van der Waals surface area (Å²) in [6.07, 6.45) is 0. The Morgan fingerprint density at radius 1 is 1.05 bits per heavy atom. The number of rotatable bonds is 3. The van der Waals surface area contributed by atoms with Gasteiger partial charge in [-0.2, -0.15) is 0 Å². The minimum Gasteiger partial charge on any atom is -0.366 e. The van der Waals surface area contributed by atoms with Gasteiger partial charge in [0.05, 0.1) is 11.3 Å². The number of hydrogen-bond donors (Lipinski definition) is 3. The van der Waals surface area contributed by atoms with Crippen LogP contribution in [0.3, 0.4) is 0 Å². The molecule has 1 aliphatic rings. The molecule has 1 heterocycles. The van der Waals surface area contributed by atoms with E-state index in [-0.39, 0.29) is 5.91 Å². The summed E-state index contributed by atoms with van der Waals surface area (Å²) in [5, 5.41) is 5.97. The van der Waals surface area contributed by atoms with Crippen LogP contribution in [0.1, 0.15) is 31.8 Å². The molecule has 0 aliphatic carbocycles. The summed E-state index contributed by atoms with van der Waals surface area (Å²) >= 11 is 0. The third kappa shape index (κ3) is 2.64. The van der Waals surface area contributed by atoms with Crippen molar-refractivity contribution in [1.29, 1.82) is 0 Å². The molecule has 0 atom stereocenters. The zero-order chi connectivity index (χ0) is 14.8. The van der Waals surface area contributed by atoms with Crippen LogP contribution in [0.25, 0.3) is 0 Å². The van der Waals surface area contributed by atoms with Crippen molar-refractivity contribution in [2.45, 2.75) is 13.1 Å². The Hall–Kier alpha value is -2.66. The molecule has 0 saturated carbocycles. The number of fused-ring (bicyclic) bond motifs is 1. The molecule has 2 aromatic carbocycles. The average Bonchev–Trinajstić information content (AvgIpc) is 2.94. The van der Waals surface area contributed by atoms with Gasteiger partial charge in [0.15, 0.2) is 0 Å². The van der Waals surface area contributed by atoms with Crippen LogP contribution >= 0.6 is 0 Å². The number of nitrogens with one attached hydrogen (secondary N) is 2. The fourth-order valence-corrected chi connectivity index (χ4v) is 2.44. The van der Waals surface area contributed by atoms with Crippen LogP contribution < -0.4 is 16.4 Å². The number of benzene rings is 2. The standard InChI is InChI=1S/C16H15N3O2/c17-15(20)13-3-1-2-4-14(13)19-16(21)10-5-6-11-8-18-9-12(11)7-10/h1-7,18H,8-9H2,(H2,17,20)(H,19,21). The van der Waals surface area contributed by atoms with Crippen molar-refractivity contribution in [1.82, 2.24) is 5.32 Å². The van der Waals surface area contributed by atoms with Gasteiger partial charge in [-0.15, -0.1) is 0 Å². The lowest BCUT2D eigenvalue weighted by Gasteiger charge is -2.09. The highest BCUT2D eigenvalue weighted by molar-refractivity contribution is 6.08. The summed E-state index contributed by atoms with van der Waals surface area (Å²) in [6.45, 7) is 1.61. The zero-order valence-corrected chi connectivity index (χ0v) is 11.3. The SMILES string of the molecule is NC(=O)c1ccccc1NC(=O)c1ccc2c(c1)CNC2. The Kier molecular flexibility index (Phi) is 3.41. The van der Waals surface area contributed by atoms with Crippen molar-refractivity contribution >= 4 is 17.5 Å². The largest absolute Gasteiger partial charge is 0.366 e. The van der Waals surface area contributed by atoms with Crippen molar-refractivity contribution in [3.63, 3.8) is 0 Å². The molecule has 0 radical (unpaired) electrons. The van der Waals surface area contributed by atoms with Gasteiger partial charge < -0.3 is 16.4 Å². The van der Waals surface area contributed by atoms with E-state index in [4.69, 9.17) is 5.73 Å². The normalized spacial score (nSPS) is 12.8. The second kappa shape index (κ2) is 5.38. The van der Waals surface area contributed by atoms with Crippen LogP contribution in [0, 0.1) is 0 Å². The summed E-state index contributed by atoms with van der Waals surface area (Å²) in [5.74, 6) is -0.817. The summed E-state index contributed by atoms with van der Waals surface area (Å²) < 4.78 is 0. The lowest BCUT2D eigenvalue weighted by molar-refractivity contribution is 0.100. The molecule has 0 aromatic heterocycles. The molecular weight excluding hydrogens is 266 g/mol. The lowest BCUT2D eigenvalue weighted by Crippen LogP contribution is -2.18. The first kappa shape index (κ1) is 13.3. The van der Waals surface area contributed by atoms with E-state index in [2.05, 4.69) is 10.6 Å². The second-order valence-electron chi connectivity index (χ2n) is 4.95. The van der Waals surface area contributed by atoms with Crippen LogP contribution in [0.2, 0.25) is 0 Å². The van der Waals surface area contributed by atoms with Crippen molar-refractivity contribution in [3.05, 3.63) is 64.7 Å². The van der Waals surface area contributed by atoms with Crippen LogP contribution in [0.5, 0.6) is 0 Å². The molecule has 0 fully saturated rings. The summed E-state index contributed by atoms with van der Waals surface area (Å²) in [7, 11) is 0. The first-order chi connectivity index (χ1) is 10.1. The van der Waals surface area contributed by atoms with Gasteiger partial charge in [0.1, 0.15) is 0 Å². The van der Waals surface area contributed by atoms with Gasteiger partial charge in [-0.25, -0.2) is 0 Å². The first-order valence-electron chi connectivity index (χ1n) is 6.68. The van der Waals surface area contributed by atoms with Gasteiger partial charge in [-0.1, -0.05) is 18.2 Å². The van der Waals surface area contributed by atoms with Gasteiger partial charge in [-0.05, 0) is 35.4 Å². The maximum Gasteiger partial charge on any atom is 0.255 e. The molecule has 0 saturated heterocycles. The number of anilines is 1. The van der Waals surface area contributed by atoms with Crippen molar-refractivity contribution < 1.29 is 9.59 Å². The number of carbonyl (C=O) groups is 2. The third-order valence-electron chi connectivity index (χ3n) is 3.54. The Labute approximate surface area is 122 Å². The van der Waals surface area contributed by atoms with E-state index in [1.165, 1.54) is 5.56 Å². The average molecular weight is 281 g/mol. The predicted molar refractivity (Wildman–Crippen MR) is 79.9 cm³/mol. The molecule has 0 spiro atoms. The second-order valence-corrected chi connectivity index (χ2v) is 4.95. The fourth-order valence-electron chi connectivity index (χ4n) is 2.44. The molecule has 5 heteroatoms. The molecule has 21 heavy (non-hydrogen) atoms. The number of hydrogen-bond acceptors (Lipinski definition) is 3. The van der Waals surface area contributed by atoms with E-state index in [1.54, 1.807) is 30.3 Å².